The summed E-state index contributed by atoms with van der Waals surface area (Å²) in [6.45, 7) is 2.77. The molecule has 0 saturated carbocycles. The summed E-state index contributed by atoms with van der Waals surface area (Å²) in [7, 11) is 0. The second-order valence-electron chi connectivity index (χ2n) is 4.14. The molecule has 1 aromatic heterocycles. The number of rotatable bonds is 1. The monoisotopic (exact) mass is 260 g/mol. The number of nitrogens with zero attached hydrogens (tertiary/aromatic N) is 1. The Balaban J connectivity index is 1.87. The lowest BCUT2D eigenvalue weighted by Gasteiger charge is -1.99. The van der Waals surface area contributed by atoms with E-state index in [-0.39, 0.29) is 5.91 Å². The topological polar surface area (TPSA) is 54.6 Å². The van der Waals surface area contributed by atoms with Crippen molar-refractivity contribution in [2.45, 2.75) is 6.92 Å². The zero-order chi connectivity index (χ0) is 12.5. The van der Waals surface area contributed by atoms with E-state index in [9.17, 15) is 4.79 Å². The molecule has 0 radical (unpaired) electrons. The average molecular weight is 260 g/mol. The SMILES string of the molecule is Cc1ccc2oc(C(=O)NC3=NCCS3)cc2c1. The largest absolute Gasteiger partial charge is 0.451 e. The Morgan fingerprint density at radius 3 is 3.11 bits per heavy atom. The number of aryl methyl sites for hydroxylation is 1. The van der Waals surface area contributed by atoms with E-state index in [4.69, 9.17) is 4.42 Å². The van der Waals surface area contributed by atoms with Crippen LogP contribution in [0.5, 0.6) is 0 Å². The van der Waals surface area contributed by atoms with Gasteiger partial charge in [0.2, 0.25) is 0 Å². The molecule has 18 heavy (non-hydrogen) atoms. The van der Waals surface area contributed by atoms with Crippen LogP contribution < -0.4 is 5.32 Å². The number of nitrogens with one attached hydrogen (secondary N) is 1. The molecule has 92 valence electrons. The summed E-state index contributed by atoms with van der Waals surface area (Å²) in [6.07, 6.45) is 0. The molecule has 1 aliphatic heterocycles. The number of amides is 1. The number of fused-ring (bicyclic) bond motifs is 1. The van der Waals surface area contributed by atoms with E-state index in [0.29, 0.717) is 10.9 Å². The Hall–Kier alpha value is -1.75. The molecule has 2 heterocycles. The quantitative estimate of drug-likeness (QED) is 0.857. The average Bonchev–Trinajstić information content (AvgIpc) is 2.96. The van der Waals surface area contributed by atoms with Gasteiger partial charge in [-0.1, -0.05) is 23.4 Å². The maximum Gasteiger partial charge on any atom is 0.292 e. The summed E-state index contributed by atoms with van der Waals surface area (Å²) in [5.74, 6) is 1.01. The summed E-state index contributed by atoms with van der Waals surface area (Å²) in [5, 5.41) is 4.37. The van der Waals surface area contributed by atoms with Gasteiger partial charge < -0.3 is 4.42 Å². The fourth-order valence-corrected chi connectivity index (χ4v) is 2.57. The van der Waals surface area contributed by atoms with Crippen LogP contribution in [0.25, 0.3) is 11.0 Å². The molecule has 1 aromatic carbocycles. The van der Waals surface area contributed by atoms with Gasteiger partial charge in [-0.05, 0) is 25.1 Å². The van der Waals surface area contributed by atoms with Gasteiger partial charge in [0.05, 0.1) is 6.54 Å². The zero-order valence-electron chi connectivity index (χ0n) is 9.90. The molecule has 0 fully saturated rings. The van der Waals surface area contributed by atoms with Crippen molar-refractivity contribution < 1.29 is 9.21 Å². The predicted molar refractivity (Wildman–Crippen MR) is 73.2 cm³/mol. The highest BCUT2D eigenvalue weighted by atomic mass is 32.2. The van der Waals surface area contributed by atoms with Gasteiger partial charge in [-0.15, -0.1) is 0 Å². The summed E-state index contributed by atoms with van der Waals surface area (Å²) < 4.78 is 5.52. The van der Waals surface area contributed by atoms with Crippen LogP contribution in [0, 0.1) is 6.92 Å². The summed E-state index contributed by atoms with van der Waals surface area (Å²) in [5.41, 5.74) is 1.87. The normalized spacial score (nSPS) is 14.8. The molecule has 1 amide bonds. The maximum atomic E-state index is 12.0. The first-order valence-corrected chi connectivity index (χ1v) is 6.70. The van der Waals surface area contributed by atoms with Crippen molar-refractivity contribution in [1.29, 1.82) is 0 Å². The molecule has 4 nitrogen and oxygen atoms in total. The Bertz CT molecular complexity index is 645. The van der Waals surface area contributed by atoms with E-state index in [1.54, 1.807) is 17.8 Å². The highest BCUT2D eigenvalue weighted by Gasteiger charge is 2.16. The van der Waals surface area contributed by atoms with Crippen molar-refractivity contribution in [1.82, 2.24) is 5.32 Å². The van der Waals surface area contributed by atoms with Crippen molar-refractivity contribution >= 4 is 33.8 Å². The number of carbonyl (C=O) groups excluding carboxylic acids is 1. The molecule has 5 heteroatoms. The molecular weight excluding hydrogens is 248 g/mol. The van der Waals surface area contributed by atoms with Gasteiger partial charge in [-0.2, -0.15) is 0 Å². The van der Waals surface area contributed by atoms with Crippen LogP contribution in [0.3, 0.4) is 0 Å². The molecule has 0 aliphatic carbocycles. The Morgan fingerprint density at radius 2 is 2.33 bits per heavy atom. The van der Waals surface area contributed by atoms with E-state index in [1.165, 1.54) is 0 Å². The third-order valence-electron chi connectivity index (χ3n) is 2.70. The number of hydrogen-bond acceptors (Lipinski definition) is 4. The van der Waals surface area contributed by atoms with Crippen LogP contribution in [-0.4, -0.2) is 23.4 Å². The first kappa shape index (κ1) is 11.3. The lowest BCUT2D eigenvalue weighted by Crippen LogP contribution is -2.26. The smallest absolute Gasteiger partial charge is 0.292 e. The number of amidine groups is 1. The van der Waals surface area contributed by atoms with Gasteiger partial charge in [-0.3, -0.25) is 15.1 Å². The molecule has 1 N–H and O–H groups in total. The lowest BCUT2D eigenvalue weighted by molar-refractivity contribution is 0.0953. The zero-order valence-corrected chi connectivity index (χ0v) is 10.7. The molecule has 2 aromatic rings. The second kappa shape index (κ2) is 4.49. The minimum atomic E-state index is -0.239. The van der Waals surface area contributed by atoms with Gasteiger partial charge in [-0.25, -0.2) is 0 Å². The van der Waals surface area contributed by atoms with E-state index < -0.39 is 0 Å². The van der Waals surface area contributed by atoms with Gasteiger partial charge >= 0.3 is 0 Å². The van der Waals surface area contributed by atoms with Crippen molar-refractivity contribution in [3.8, 4) is 0 Å². The molecule has 1 aliphatic rings. The van der Waals surface area contributed by atoms with Crippen LogP contribution in [0.2, 0.25) is 0 Å². The standard InChI is InChI=1S/C13H12N2O2S/c1-8-2-3-10-9(6-8)7-11(17-10)12(16)15-13-14-4-5-18-13/h2-3,6-7H,4-5H2,1H3,(H,14,15,16). The fourth-order valence-electron chi connectivity index (χ4n) is 1.84. The third-order valence-corrected chi connectivity index (χ3v) is 3.59. The molecule has 0 spiro atoms. The van der Waals surface area contributed by atoms with E-state index in [2.05, 4.69) is 10.3 Å². The van der Waals surface area contributed by atoms with E-state index in [1.807, 2.05) is 25.1 Å². The molecule has 3 rings (SSSR count). The number of aliphatic imine (C=N–C) groups is 1. The van der Waals surface area contributed by atoms with Gasteiger partial charge in [0, 0.05) is 11.1 Å². The first-order chi connectivity index (χ1) is 8.72. The molecule has 0 atom stereocenters. The molecular formula is C13H12N2O2S. The molecule has 0 unspecified atom stereocenters. The number of carbonyl (C=O) groups is 1. The fraction of sp³-hybridized carbons (Fsp3) is 0.231. The highest BCUT2D eigenvalue weighted by Crippen LogP contribution is 2.21. The summed E-state index contributed by atoms with van der Waals surface area (Å²) in [6, 6.07) is 7.60. The number of thioether (sulfide) groups is 1. The number of furan rings is 1. The Kier molecular flexibility index (Phi) is 2.83. The lowest BCUT2D eigenvalue weighted by atomic mass is 10.2. The van der Waals surface area contributed by atoms with Gasteiger partial charge in [0.15, 0.2) is 10.9 Å². The number of benzene rings is 1. The Labute approximate surface area is 108 Å². The minimum Gasteiger partial charge on any atom is -0.451 e. The first-order valence-electron chi connectivity index (χ1n) is 5.71. The maximum absolute atomic E-state index is 12.0. The van der Waals surface area contributed by atoms with Crippen LogP contribution in [0.1, 0.15) is 16.1 Å². The van der Waals surface area contributed by atoms with E-state index in [0.717, 1.165) is 28.8 Å². The number of hydrogen-bond donors (Lipinski definition) is 1. The van der Waals surface area contributed by atoms with Crippen LogP contribution >= 0.6 is 11.8 Å². The highest BCUT2D eigenvalue weighted by molar-refractivity contribution is 8.14. The third kappa shape index (κ3) is 2.13. The van der Waals surface area contributed by atoms with Crippen molar-refractivity contribution in [3.05, 3.63) is 35.6 Å². The van der Waals surface area contributed by atoms with Crippen LogP contribution in [0.15, 0.2) is 33.7 Å². The van der Waals surface area contributed by atoms with Crippen molar-refractivity contribution in [2.75, 3.05) is 12.3 Å². The Morgan fingerprint density at radius 1 is 1.44 bits per heavy atom. The van der Waals surface area contributed by atoms with Crippen LogP contribution in [0.4, 0.5) is 0 Å². The van der Waals surface area contributed by atoms with Gasteiger partial charge in [0.1, 0.15) is 5.58 Å². The van der Waals surface area contributed by atoms with Crippen LogP contribution in [-0.2, 0) is 0 Å². The van der Waals surface area contributed by atoms with E-state index >= 15 is 0 Å². The van der Waals surface area contributed by atoms with Gasteiger partial charge in [0.25, 0.3) is 5.91 Å². The molecule has 0 bridgehead atoms. The molecule has 0 saturated heterocycles. The van der Waals surface area contributed by atoms with Crippen molar-refractivity contribution in [3.63, 3.8) is 0 Å². The summed E-state index contributed by atoms with van der Waals surface area (Å²) in [4.78, 5) is 16.1. The minimum absolute atomic E-state index is 0.239. The van der Waals surface area contributed by atoms with Crippen molar-refractivity contribution in [2.24, 2.45) is 4.99 Å². The predicted octanol–water partition coefficient (Wildman–Crippen LogP) is 2.57. The second-order valence-corrected chi connectivity index (χ2v) is 5.23. The summed E-state index contributed by atoms with van der Waals surface area (Å²) >= 11 is 1.55.